The van der Waals surface area contributed by atoms with Gasteiger partial charge in [-0.3, -0.25) is 0 Å². The van der Waals surface area contributed by atoms with Crippen LogP contribution in [0, 0.1) is 5.82 Å². The molecule has 0 heterocycles. The summed E-state index contributed by atoms with van der Waals surface area (Å²) in [7, 11) is 2.97. The van der Waals surface area contributed by atoms with Gasteiger partial charge in [-0.1, -0.05) is 12.1 Å². The minimum absolute atomic E-state index is 0.291. The van der Waals surface area contributed by atoms with Crippen molar-refractivity contribution >= 4 is 6.21 Å². The molecule has 4 heteroatoms. The Labute approximate surface area is 82.2 Å². The van der Waals surface area contributed by atoms with Gasteiger partial charge in [0.15, 0.2) is 0 Å². The molecule has 0 saturated heterocycles. The Kier molecular flexibility index (Phi) is 4.22. The molecule has 0 radical (unpaired) electrons. The van der Waals surface area contributed by atoms with Crippen molar-refractivity contribution in [3.05, 3.63) is 35.6 Å². The third kappa shape index (κ3) is 3.24. The minimum atomic E-state index is -0.640. The fourth-order valence-corrected chi connectivity index (χ4v) is 0.952. The van der Waals surface area contributed by atoms with Crippen LogP contribution in [0.15, 0.2) is 29.3 Å². The van der Waals surface area contributed by atoms with E-state index in [1.54, 1.807) is 12.1 Å². The zero-order valence-corrected chi connectivity index (χ0v) is 8.11. The van der Waals surface area contributed by atoms with E-state index in [1.165, 1.54) is 32.6 Å². The van der Waals surface area contributed by atoms with Crippen molar-refractivity contribution in [2.24, 2.45) is 4.99 Å². The highest BCUT2D eigenvalue weighted by atomic mass is 19.1. The van der Waals surface area contributed by atoms with Crippen LogP contribution in [0.2, 0.25) is 0 Å². The standard InChI is InChI=1S/C10H12FNO2/c1-13-10(14-2)12-7-8-4-3-5-9(11)6-8/h3-7,10H,1-2H3. The van der Waals surface area contributed by atoms with Gasteiger partial charge in [-0.05, 0) is 17.7 Å². The van der Waals surface area contributed by atoms with Crippen LogP contribution in [0.3, 0.4) is 0 Å². The molecule has 1 aromatic rings. The zero-order chi connectivity index (χ0) is 10.4. The number of hydrogen-bond donors (Lipinski definition) is 0. The molecule has 1 rings (SSSR count). The average Bonchev–Trinajstić information content (AvgIpc) is 2.19. The third-order valence-electron chi connectivity index (χ3n) is 1.60. The van der Waals surface area contributed by atoms with Crippen molar-refractivity contribution in [1.29, 1.82) is 0 Å². The summed E-state index contributed by atoms with van der Waals surface area (Å²) in [6, 6.07) is 6.12. The number of ether oxygens (including phenoxy) is 2. The molecule has 0 aliphatic carbocycles. The second-order valence-corrected chi connectivity index (χ2v) is 2.61. The molecule has 0 bridgehead atoms. The Morgan fingerprint density at radius 3 is 2.64 bits per heavy atom. The number of halogens is 1. The Morgan fingerprint density at radius 2 is 2.07 bits per heavy atom. The molecule has 76 valence electrons. The smallest absolute Gasteiger partial charge is 0.257 e. The van der Waals surface area contributed by atoms with Gasteiger partial charge in [0, 0.05) is 20.4 Å². The van der Waals surface area contributed by atoms with Crippen LogP contribution in [0.5, 0.6) is 0 Å². The second kappa shape index (κ2) is 5.47. The van der Waals surface area contributed by atoms with Crippen LogP contribution in [-0.4, -0.2) is 26.8 Å². The summed E-state index contributed by atoms with van der Waals surface area (Å²) >= 11 is 0. The van der Waals surface area contributed by atoms with Gasteiger partial charge < -0.3 is 9.47 Å². The van der Waals surface area contributed by atoms with Gasteiger partial charge in [0.05, 0.1) is 0 Å². The number of nitrogens with zero attached hydrogens (tertiary/aromatic N) is 1. The first-order valence-electron chi connectivity index (χ1n) is 4.10. The number of rotatable bonds is 4. The first-order valence-corrected chi connectivity index (χ1v) is 4.10. The SMILES string of the molecule is COC(N=Cc1cccc(F)c1)OC. The van der Waals surface area contributed by atoms with Crippen molar-refractivity contribution < 1.29 is 13.9 Å². The van der Waals surface area contributed by atoms with E-state index in [1.807, 2.05) is 0 Å². The fraction of sp³-hybridized carbons (Fsp3) is 0.300. The maximum Gasteiger partial charge on any atom is 0.257 e. The minimum Gasteiger partial charge on any atom is -0.337 e. The molecule has 1 aromatic carbocycles. The van der Waals surface area contributed by atoms with E-state index in [2.05, 4.69) is 4.99 Å². The lowest BCUT2D eigenvalue weighted by Crippen LogP contribution is -2.09. The van der Waals surface area contributed by atoms with Gasteiger partial charge in [-0.2, -0.15) is 0 Å². The normalized spacial score (nSPS) is 11.4. The molecule has 0 aromatic heterocycles. The van der Waals surface area contributed by atoms with Crippen molar-refractivity contribution in [2.45, 2.75) is 6.41 Å². The van der Waals surface area contributed by atoms with Crippen LogP contribution in [0.4, 0.5) is 4.39 Å². The van der Waals surface area contributed by atoms with E-state index in [4.69, 9.17) is 9.47 Å². The van der Waals surface area contributed by atoms with Gasteiger partial charge in [0.2, 0.25) is 0 Å². The van der Waals surface area contributed by atoms with Crippen molar-refractivity contribution in [3.63, 3.8) is 0 Å². The summed E-state index contributed by atoms with van der Waals surface area (Å²) < 4.78 is 22.4. The maximum atomic E-state index is 12.7. The topological polar surface area (TPSA) is 30.8 Å². The predicted octanol–water partition coefficient (Wildman–Crippen LogP) is 1.82. The van der Waals surface area contributed by atoms with Crippen LogP contribution in [0.25, 0.3) is 0 Å². The molecular formula is C10H12FNO2. The Bertz CT molecular complexity index is 311. The summed E-state index contributed by atoms with van der Waals surface area (Å²) in [6.45, 7) is 0. The van der Waals surface area contributed by atoms with Crippen LogP contribution in [0.1, 0.15) is 5.56 Å². The Hall–Kier alpha value is -1.26. The monoisotopic (exact) mass is 197 g/mol. The van der Waals surface area contributed by atoms with Crippen LogP contribution in [-0.2, 0) is 9.47 Å². The van der Waals surface area contributed by atoms with E-state index in [0.29, 0.717) is 5.56 Å². The van der Waals surface area contributed by atoms with Gasteiger partial charge in [0.1, 0.15) is 5.82 Å². The van der Waals surface area contributed by atoms with E-state index in [-0.39, 0.29) is 5.82 Å². The molecule has 0 spiro atoms. The first-order chi connectivity index (χ1) is 6.76. The van der Waals surface area contributed by atoms with Gasteiger partial charge in [-0.25, -0.2) is 9.38 Å². The molecule has 0 fully saturated rings. The molecule has 3 nitrogen and oxygen atoms in total. The van der Waals surface area contributed by atoms with Gasteiger partial charge in [-0.15, -0.1) is 0 Å². The molecule has 0 aliphatic heterocycles. The Morgan fingerprint density at radius 1 is 1.36 bits per heavy atom. The van der Waals surface area contributed by atoms with Crippen molar-refractivity contribution in [1.82, 2.24) is 0 Å². The molecule has 0 N–H and O–H groups in total. The molecular weight excluding hydrogens is 185 g/mol. The average molecular weight is 197 g/mol. The molecule has 14 heavy (non-hydrogen) atoms. The van der Waals surface area contributed by atoms with Gasteiger partial charge in [0.25, 0.3) is 6.41 Å². The van der Waals surface area contributed by atoms with E-state index >= 15 is 0 Å². The Balaban J connectivity index is 2.67. The number of benzene rings is 1. The highest BCUT2D eigenvalue weighted by Gasteiger charge is 1.98. The molecule has 0 saturated carbocycles. The lowest BCUT2D eigenvalue weighted by molar-refractivity contribution is -0.0941. The lowest BCUT2D eigenvalue weighted by atomic mass is 10.2. The van der Waals surface area contributed by atoms with Gasteiger partial charge >= 0.3 is 0 Å². The maximum absolute atomic E-state index is 12.7. The summed E-state index contributed by atoms with van der Waals surface area (Å²) in [6.07, 6.45) is 0.860. The predicted molar refractivity (Wildman–Crippen MR) is 51.8 cm³/mol. The largest absolute Gasteiger partial charge is 0.337 e. The number of hydrogen-bond acceptors (Lipinski definition) is 3. The first kappa shape index (κ1) is 10.8. The fourth-order valence-electron chi connectivity index (χ4n) is 0.952. The summed E-state index contributed by atoms with van der Waals surface area (Å²) in [5.74, 6) is -0.291. The zero-order valence-electron chi connectivity index (χ0n) is 8.11. The molecule has 0 aliphatic rings. The lowest BCUT2D eigenvalue weighted by Gasteiger charge is -2.06. The molecule has 0 amide bonds. The highest BCUT2D eigenvalue weighted by Crippen LogP contribution is 2.01. The summed E-state index contributed by atoms with van der Waals surface area (Å²) in [4.78, 5) is 3.94. The molecule has 0 unspecified atom stereocenters. The van der Waals surface area contributed by atoms with Crippen LogP contribution < -0.4 is 0 Å². The van der Waals surface area contributed by atoms with Crippen molar-refractivity contribution in [2.75, 3.05) is 14.2 Å². The quantitative estimate of drug-likeness (QED) is 0.544. The van der Waals surface area contributed by atoms with Crippen molar-refractivity contribution in [3.8, 4) is 0 Å². The third-order valence-corrected chi connectivity index (χ3v) is 1.60. The highest BCUT2D eigenvalue weighted by molar-refractivity contribution is 5.79. The van der Waals surface area contributed by atoms with E-state index < -0.39 is 6.41 Å². The molecule has 0 atom stereocenters. The number of aliphatic imine (C=N–C) groups is 1. The second-order valence-electron chi connectivity index (χ2n) is 2.61. The number of methoxy groups -OCH3 is 2. The summed E-state index contributed by atoms with van der Waals surface area (Å²) in [5, 5.41) is 0. The summed E-state index contributed by atoms with van der Waals surface area (Å²) in [5.41, 5.74) is 0.670. The van der Waals surface area contributed by atoms with E-state index in [9.17, 15) is 4.39 Å². The van der Waals surface area contributed by atoms with E-state index in [0.717, 1.165) is 0 Å². The van der Waals surface area contributed by atoms with Crippen LogP contribution >= 0.6 is 0 Å².